The van der Waals surface area contributed by atoms with Crippen molar-refractivity contribution in [1.29, 1.82) is 5.26 Å². The van der Waals surface area contributed by atoms with E-state index in [1.165, 1.54) is 6.26 Å². The van der Waals surface area contributed by atoms with Crippen LogP contribution in [0.4, 0.5) is 0 Å². The van der Waals surface area contributed by atoms with Gasteiger partial charge in [0.05, 0.1) is 12.0 Å². The first-order valence-corrected chi connectivity index (χ1v) is 3.85. The van der Waals surface area contributed by atoms with Crippen LogP contribution in [0, 0.1) is 16.7 Å². The largest absolute Gasteiger partial charge is 0.364 e. The number of nitriles is 1. The number of hydrogen-bond donors (Lipinski definition) is 0. The monoisotopic (exact) mass is 164 g/mol. The van der Waals surface area contributed by atoms with Crippen LogP contribution in [-0.4, -0.2) is 5.16 Å². The minimum atomic E-state index is -0.198. The summed E-state index contributed by atoms with van der Waals surface area (Å²) in [5, 5.41) is 12.7. The van der Waals surface area contributed by atoms with Crippen LogP contribution in [0.1, 0.15) is 32.4 Å². The fourth-order valence-corrected chi connectivity index (χ4v) is 1.07. The summed E-state index contributed by atoms with van der Waals surface area (Å²) in [6.45, 7) is 6.03. The maximum Gasteiger partial charge on any atom is 0.124 e. The average molecular weight is 164 g/mol. The van der Waals surface area contributed by atoms with Crippen molar-refractivity contribution in [2.75, 3.05) is 0 Å². The molecule has 64 valence electrons. The van der Waals surface area contributed by atoms with E-state index in [9.17, 15) is 0 Å². The van der Waals surface area contributed by atoms with Gasteiger partial charge in [0.25, 0.3) is 0 Å². The van der Waals surface area contributed by atoms with E-state index >= 15 is 0 Å². The Kier molecular flexibility index (Phi) is 2.18. The van der Waals surface area contributed by atoms with Crippen molar-refractivity contribution in [2.24, 2.45) is 5.41 Å². The minimum absolute atomic E-state index is 0.0916. The van der Waals surface area contributed by atoms with E-state index in [-0.39, 0.29) is 11.3 Å². The van der Waals surface area contributed by atoms with Crippen molar-refractivity contribution in [1.82, 2.24) is 5.16 Å². The van der Waals surface area contributed by atoms with E-state index in [4.69, 9.17) is 9.78 Å². The molecule has 1 heterocycles. The van der Waals surface area contributed by atoms with Crippen LogP contribution in [0.5, 0.6) is 0 Å². The summed E-state index contributed by atoms with van der Waals surface area (Å²) in [5.41, 5.74) is 0.621. The van der Waals surface area contributed by atoms with Crippen LogP contribution < -0.4 is 0 Å². The predicted molar refractivity (Wildman–Crippen MR) is 44.3 cm³/mol. The van der Waals surface area contributed by atoms with Crippen molar-refractivity contribution in [3.05, 3.63) is 18.0 Å². The Balaban J connectivity index is 2.94. The van der Waals surface area contributed by atoms with Gasteiger partial charge in [0.1, 0.15) is 12.0 Å². The van der Waals surface area contributed by atoms with Gasteiger partial charge < -0.3 is 4.52 Å². The lowest BCUT2D eigenvalue weighted by molar-refractivity contribution is 0.344. The molecule has 0 aliphatic carbocycles. The molecule has 3 nitrogen and oxygen atoms in total. The summed E-state index contributed by atoms with van der Waals surface area (Å²) in [6.07, 6.45) is 1.49. The maximum atomic E-state index is 8.90. The number of nitrogens with zero attached hydrogens (tertiary/aromatic N) is 2. The molecule has 0 N–H and O–H groups in total. The molecule has 0 aliphatic heterocycles. The zero-order valence-corrected chi connectivity index (χ0v) is 7.53. The zero-order chi connectivity index (χ0) is 9.19. The molecule has 0 saturated carbocycles. The molecule has 0 spiro atoms. The molecule has 0 bridgehead atoms. The Labute approximate surface area is 72.0 Å². The number of hydrogen-bond acceptors (Lipinski definition) is 3. The normalized spacial score (nSPS) is 13.8. The fraction of sp³-hybridized carbons (Fsp3) is 0.556. The molecule has 0 fully saturated rings. The molecule has 0 radical (unpaired) electrons. The van der Waals surface area contributed by atoms with Gasteiger partial charge >= 0.3 is 0 Å². The van der Waals surface area contributed by atoms with Crippen LogP contribution in [0.25, 0.3) is 0 Å². The molecule has 0 aliphatic rings. The summed E-state index contributed by atoms with van der Waals surface area (Å²) in [5.74, 6) is -0.198. The van der Waals surface area contributed by atoms with E-state index in [1.807, 2.05) is 20.8 Å². The third kappa shape index (κ3) is 1.65. The summed E-state index contributed by atoms with van der Waals surface area (Å²) in [6, 6.07) is 3.96. The van der Waals surface area contributed by atoms with Gasteiger partial charge in [-0.2, -0.15) is 5.26 Å². The highest BCUT2D eigenvalue weighted by molar-refractivity contribution is 5.17. The summed E-state index contributed by atoms with van der Waals surface area (Å²) >= 11 is 0. The smallest absolute Gasteiger partial charge is 0.124 e. The second kappa shape index (κ2) is 2.98. The molecule has 1 atom stereocenters. The van der Waals surface area contributed by atoms with Crippen LogP contribution in [-0.2, 0) is 0 Å². The van der Waals surface area contributed by atoms with Crippen molar-refractivity contribution in [3.8, 4) is 6.07 Å². The summed E-state index contributed by atoms with van der Waals surface area (Å²) in [7, 11) is 0. The van der Waals surface area contributed by atoms with Crippen LogP contribution in [0.2, 0.25) is 0 Å². The van der Waals surface area contributed by atoms with Crippen molar-refractivity contribution in [2.45, 2.75) is 26.7 Å². The molecule has 1 aromatic heterocycles. The highest BCUT2D eigenvalue weighted by Crippen LogP contribution is 2.33. The molecule has 1 rings (SSSR count). The Morgan fingerprint density at radius 2 is 2.25 bits per heavy atom. The molecule has 3 heteroatoms. The minimum Gasteiger partial charge on any atom is -0.364 e. The third-order valence-electron chi connectivity index (χ3n) is 1.75. The van der Waals surface area contributed by atoms with Gasteiger partial charge in [0.2, 0.25) is 0 Å². The highest BCUT2D eigenvalue weighted by atomic mass is 16.5. The molecule has 0 aromatic carbocycles. The standard InChI is InChI=1S/C9H12N2O/c1-9(2,3)7(6-10)8-4-5-12-11-8/h4-5,7H,1-3H3. The van der Waals surface area contributed by atoms with Gasteiger partial charge in [0.15, 0.2) is 0 Å². The lowest BCUT2D eigenvalue weighted by Crippen LogP contribution is -2.16. The zero-order valence-electron chi connectivity index (χ0n) is 7.53. The van der Waals surface area contributed by atoms with Crippen LogP contribution in [0.3, 0.4) is 0 Å². The average Bonchev–Trinajstić information content (AvgIpc) is 2.38. The van der Waals surface area contributed by atoms with Crippen LogP contribution in [0.15, 0.2) is 16.9 Å². The Bertz CT molecular complexity index is 276. The van der Waals surface area contributed by atoms with Gasteiger partial charge in [-0.1, -0.05) is 25.9 Å². The van der Waals surface area contributed by atoms with E-state index in [2.05, 4.69) is 11.2 Å². The predicted octanol–water partition coefficient (Wildman–Crippen LogP) is 2.33. The molecule has 0 saturated heterocycles. The SMILES string of the molecule is CC(C)(C)C(C#N)c1ccon1. The summed E-state index contributed by atoms with van der Waals surface area (Å²) in [4.78, 5) is 0. The maximum absolute atomic E-state index is 8.90. The van der Waals surface area contributed by atoms with Crippen LogP contribution >= 0.6 is 0 Å². The quantitative estimate of drug-likeness (QED) is 0.640. The lowest BCUT2D eigenvalue weighted by Gasteiger charge is -2.22. The summed E-state index contributed by atoms with van der Waals surface area (Å²) < 4.78 is 4.69. The molecule has 1 aromatic rings. The molecule has 0 amide bonds. The molecular weight excluding hydrogens is 152 g/mol. The van der Waals surface area contributed by atoms with Crippen molar-refractivity contribution in [3.63, 3.8) is 0 Å². The molecule has 12 heavy (non-hydrogen) atoms. The molecule has 1 unspecified atom stereocenters. The van der Waals surface area contributed by atoms with E-state index in [0.29, 0.717) is 5.69 Å². The van der Waals surface area contributed by atoms with E-state index in [0.717, 1.165) is 0 Å². The van der Waals surface area contributed by atoms with Gasteiger partial charge in [-0.3, -0.25) is 0 Å². The van der Waals surface area contributed by atoms with Gasteiger partial charge in [-0.15, -0.1) is 0 Å². The molecular formula is C9H12N2O. The first-order valence-electron chi connectivity index (χ1n) is 3.85. The van der Waals surface area contributed by atoms with E-state index in [1.54, 1.807) is 6.07 Å². The van der Waals surface area contributed by atoms with Crippen molar-refractivity contribution >= 4 is 0 Å². The van der Waals surface area contributed by atoms with Gasteiger partial charge in [-0.25, -0.2) is 0 Å². The van der Waals surface area contributed by atoms with Gasteiger partial charge in [0, 0.05) is 6.07 Å². The Hall–Kier alpha value is -1.30. The van der Waals surface area contributed by atoms with Crippen molar-refractivity contribution < 1.29 is 4.52 Å². The first-order chi connectivity index (χ1) is 5.55. The van der Waals surface area contributed by atoms with E-state index < -0.39 is 0 Å². The highest BCUT2D eigenvalue weighted by Gasteiger charge is 2.27. The first kappa shape index (κ1) is 8.79. The third-order valence-corrected chi connectivity index (χ3v) is 1.75. The second-order valence-electron chi connectivity index (χ2n) is 3.85. The Morgan fingerprint density at radius 3 is 2.58 bits per heavy atom. The second-order valence-corrected chi connectivity index (χ2v) is 3.85. The topological polar surface area (TPSA) is 49.8 Å². The van der Waals surface area contributed by atoms with Gasteiger partial charge in [-0.05, 0) is 5.41 Å². The Morgan fingerprint density at radius 1 is 1.58 bits per heavy atom. The number of rotatable bonds is 1. The number of aromatic nitrogens is 1. The fourth-order valence-electron chi connectivity index (χ4n) is 1.07. The lowest BCUT2D eigenvalue weighted by atomic mass is 9.80.